The summed E-state index contributed by atoms with van der Waals surface area (Å²) in [4.78, 5) is 21.6. The van der Waals surface area contributed by atoms with Crippen LogP contribution >= 0.6 is 7.82 Å². The molecule has 0 saturated heterocycles. The molecule has 6 heteroatoms. The van der Waals surface area contributed by atoms with Crippen LogP contribution in [-0.2, 0) is 4.57 Å². The van der Waals surface area contributed by atoms with Crippen LogP contribution in [0.2, 0.25) is 0.515 Å². The van der Waals surface area contributed by atoms with Gasteiger partial charge in [-0.3, -0.25) is 0 Å². The predicted molar refractivity (Wildman–Crippen MR) is 58.1 cm³/mol. The van der Waals surface area contributed by atoms with Crippen molar-refractivity contribution >= 4 is 56.8 Å². The summed E-state index contributed by atoms with van der Waals surface area (Å²) in [7, 11) is -4.64. The third kappa shape index (κ3) is 37.2. The Morgan fingerprint density at radius 3 is 1.86 bits per heavy atom. The van der Waals surface area contributed by atoms with Crippen molar-refractivity contribution in [3.63, 3.8) is 0 Å². The van der Waals surface area contributed by atoms with Gasteiger partial charge >= 0.3 is 103 Å². The molecule has 0 aliphatic rings. The molecule has 14 heavy (non-hydrogen) atoms. The average Bonchev–Trinajstić information content (AvgIpc) is 1.94. The molecule has 0 aliphatic heterocycles. The van der Waals surface area contributed by atoms with E-state index in [0.717, 1.165) is 54.9 Å². The van der Waals surface area contributed by atoms with Crippen molar-refractivity contribution in [1.29, 1.82) is 0 Å². The third-order valence-corrected chi connectivity index (χ3v) is 2.74. The molecule has 0 aromatic rings. The van der Waals surface area contributed by atoms with Crippen molar-refractivity contribution in [3.8, 4) is 0 Å². The van der Waals surface area contributed by atoms with Crippen LogP contribution in [0.1, 0.15) is 39.5 Å². The van der Waals surface area contributed by atoms with Crippen molar-refractivity contribution in [2.45, 2.75) is 40.0 Å². The first kappa shape index (κ1) is 18.1. The van der Waals surface area contributed by atoms with E-state index in [-0.39, 0.29) is 0 Å². The topological polar surface area (TPSA) is 77.8 Å². The van der Waals surface area contributed by atoms with Crippen LogP contribution in [0.25, 0.3) is 0 Å². The van der Waals surface area contributed by atoms with E-state index in [1.807, 2.05) is 0 Å². The minimum Gasteiger partial charge on any atom is -0.303 e. The van der Waals surface area contributed by atoms with Gasteiger partial charge in [0.25, 0.3) is 0 Å². The third-order valence-electron chi connectivity index (χ3n) is 1.64. The van der Waals surface area contributed by atoms with Gasteiger partial charge in [-0.1, -0.05) is 0 Å². The van der Waals surface area contributed by atoms with Gasteiger partial charge in [0, 0.05) is 0 Å². The maximum Gasteiger partial charge on any atom is 0.466 e. The Bertz CT molecular complexity index is 149. The molecule has 0 saturated carbocycles. The summed E-state index contributed by atoms with van der Waals surface area (Å²) in [6, 6.07) is 0. The largest absolute Gasteiger partial charge is 0.466 e. The van der Waals surface area contributed by atoms with Gasteiger partial charge in [0.05, 0.1) is 0 Å². The molecule has 0 bridgehead atoms. The predicted octanol–water partition coefficient (Wildman–Crippen LogP) is 1.86. The van der Waals surface area contributed by atoms with Crippen LogP contribution in [0.4, 0.5) is 0 Å². The van der Waals surface area contributed by atoms with Gasteiger partial charge in [0.2, 0.25) is 0 Å². The Balaban J connectivity index is 0. The van der Waals surface area contributed by atoms with E-state index >= 15 is 0 Å². The fourth-order valence-electron chi connectivity index (χ4n) is 0.979. The van der Waals surface area contributed by atoms with Gasteiger partial charge in [0.15, 0.2) is 0 Å². The van der Waals surface area contributed by atoms with Crippen LogP contribution < -0.4 is 0 Å². The number of unbranched alkanes of at least 4 members (excludes halogenated alkanes) is 2. The SMILES string of the molecule is CC(C)CCCC[CH2][K].O=P(O)(O)O. The molecule has 0 rings (SSSR count). The molecule has 0 unspecified atom stereocenters. The van der Waals surface area contributed by atoms with Crippen LogP contribution in [0.3, 0.4) is 0 Å². The fraction of sp³-hybridized carbons (Fsp3) is 1.00. The molecular formula is C8H20KO4P. The Kier molecular flexibility index (Phi) is 14.5. The first-order chi connectivity index (χ1) is 6.27. The van der Waals surface area contributed by atoms with Gasteiger partial charge in [-0.15, -0.1) is 0 Å². The Morgan fingerprint density at radius 2 is 1.57 bits per heavy atom. The van der Waals surface area contributed by atoms with Crippen molar-refractivity contribution in [1.82, 2.24) is 0 Å². The smallest absolute Gasteiger partial charge is 0.303 e. The molecular weight excluding hydrogens is 230 g/mol. The minimum atomic E-state index is -4.64. The second-order valence-electron chi connectivity index (χ2n) is 3.76. The second kappa shape index (κ2) is 11.2. The molecule has 0 fully saturated rings. The molecule has 4 nitrogen and oxygen atoms in total. The standard InChI is InChI=1S/C8H17.K.H3O4P/c1-4-5-6-7-8(2)3;;1-5(2,3)4/h8H,1,4-7H2,2-3H3;;(H3,1,2,3,4). The molecule has 0 heterocycles. The summed E-state index contributed by atoms with van der Waals surface area (Å²) in [5.74, 6) is 0.920. The monoisotopic (exact) mass is 250 g/mol. The van der Waals surface area contributed by atoms with E-state index in [1.165, 1.54) is 25.7 Å². The van der Waals surface area contributed by atoms with Gasteiger partial charge in [-0.05, 0) is 0 Å². The first-order valence-corrected chi connectivity index (χ1v) is 8.83. The Labute approximate surface area is 120 Å². The van der Waals surface area contributed by atoms with Crippen LogP contribution in [0.5, 0.6) is 0 Å². The molecule has 82 valence electrons. The van der Waals surface area contributed by atoms with Crippen molar-refractivity contribution in [3.05, 3.63) is 0 Å². The quantitative estimate of drug-likeness (QED) is 0.395. The molecule has 0 radical (unpaired) electrons. The van der Waals surface area contributed by atoms with E-state index in [4.69, 9.17) is 19.2 Å². The number of hydrogen-bond acceptors (Lipinski definition) is 1. The molecule has 0 atom stereocenters. The van der Waals surface area contributed by atoms with Gasteiger partial charge in [0.1, 0.15) is 0 Å². The van der Waals surface area contributed by atoms with Crippen molar-refractivity contribution in [2.24, 2.45) is 5.92 Å². The van der Waals surface area contributed by atoms with Crippen molar-refractivity contribution in [2.75, 3.05) is 0 Å². The Morgan fingerprint density at radius 1 is 1.14 bits per heavy atom. The molecule has 3 N–H and O–H groups in total. The summed E-state index contributed by atoms with van der Waals surface area (Å²) < 4.78 is 10.4. The molecule has 0 aromatic carbocycles. The van der Waals surface area contributed by atoms with Crippen LogP contribution in [-0.4, -0.2) is 63.6 Å². The van der Waals surface area contributed by atoms with Crippen LogP contribution in [0.15, 0.2) is 0 Å². The van der Waals surface area contributed by atoms with E-state index < -0.39 is 7.82 Å². The summed E-state index contributed by atoms with van der Waals surface area (Å²) >= 11 is 1.10. The summed E-state index contributed by atoms with van der Waals surface area (Å²) in [5, 5.41) is 0. The maximum atomic E-state index is 8.88. The van der Waals surface area contributed by atoms with Crippen LogP contribution in [0, 0.1) is 5.92 Å². The average molecular weight is 250 g/mol. The molecule has 0 aliphatic carbocycles. The summed E-state index contributed by atoms with van der Waals surface area (Å²) in [6.45, 7) is 4.62. The van der Waals surface area contributed by atoms with E-state index in [2.05, 4.69) is 13.8 Å². The maximum absolute atomic E-state index is 8.88. The molecule has 0 aromatic heterocycles. The van der Waals surface area contributed by atoms with Crippen molar-refractivity contribution < 1.29 is 19.2 Å². The number of rotatable bonds is 5. The van der Waals surface area contributed by atoms with E-state index in [9.17, 15) is 0 Å². The molecule has 0 spiro atoms. The van der Waals surface area contributed by atoms with Gasteiger partial charge in [-0.2, -0.15) is 0 Å². The van der Waals surface area contributed by atoms with Gasteiger partial charge < -0.3 is 14.7 Å². The van der Waals surface area contributed by atoms with E-state index in [0.29, 0.717) is 0 Å². The zero-order chi connectivity index (χ0) is 11.6. The van der Waals surface area contributed by atoms with E-state index in [1.54, 1.807) is 0.515 Å². The number of phosphoric acid groups is 1. The zero-order valence-corrected chi connectivity index (χ0v) is 13.3. The fourth-order valence-corrected chi connectivity index (χ4v) is 1.76. The minimum absolute atomic E-state index is 0.920. The Hall–Kier alpha value is 1.75. The summed E-state index contributed by atoms with van der Waals surface area (Å²) in [5.41, 5.74) is 0. The second-order valence-corrected chi connectivity index (χ2v) is 6.34. The zero-order valence-electron chi connectivity index (χ0n) is 9.31. The summed E-state index contributed by atoms with van der Waals surface area (Å²) in [6.07, 6.45) is 5.90. The normalized spacial score (nSPS) is 11.1. The van der Waals surface area contributed by atoms with Gasteiger partial charge in [-0.25, -0.2) is 4.57 Å². The number of hydrogen-bond donors (Lipinski definition) is 3. The molecule has 0 amide bonds. The first-order valence-electron chi connectivity index (χ1n) is 5.05.